The Morgan fingerprint density at radius 2 is 1.80 bits per heavy atom. The minimum absolute atomic E-state index is 0.0434. The zero-order chi connectivity index (χ0) is 15.0. The smallest absolute Gasteiger partial charge is 0.207 e. The van der Waals surface area contributed by atoms with Gasteiger partial charge in [0.1, 0.15) is 0 Å². The molecule has 0 saturated carbocycles. The van der Waals surface area contributed by atoms with Gasteiger partial charge in [0.25, 0.3) is 0 Å². The summed E-state index contributed by atoms with van der Waals surface area (Å²) in [5.74, 6) is 0. The number of alkyl halides is 1. The average Bonchev–Trinajstić information content (AvgIpc) is 2.42. The standard InChI is InChI=1S/C15H24BrNO2S/c1-3-4-5-6-7-14(12-16)17-20(18,19)15-10-8-13(2)9-11-15/h8-11,14,17H,3-7,12H2,1-2H3. The highest BCUT2D eigenvalue weighted by molar-refractivity contribution is 9.09. The molecule has 1 unspecified atom stereocenters. The van der Waals surface area contributed by atoms with Gasteiger partial charge < -0.3 is 0 Å². The van der Waals surface area contributed by atoms with Crippen molar-refractivity contribution in [1.29, 1.82) is 0 Å². The van der Waals surface area contributed by atoms with E-state index in [1.807, 2.05) is 19.1 Å². The highest BCUT2D eigenvalue weighted by Gasteiger charge is 2.18. The van der Waals surface area contributed by atoms with Crippen LogP contribution >= 0.6 is 15.9 Å². The Balaban J connectivity index is 2.60. The van der Waals surface area contributed by atoms with Crippen LogP contribution in [0, 0.1) is 6.92 Å². The van der Waals surface area contributed by atoms with Gasteiger partial charge in [-0.25, -0.2) is 13.1 Å². The fourth-order valence-electron chi connectivity index (χ4n) is 1.99. The lowest BCUT2D eigenvalue weighted by atomic mass is 10.1. The van der Waals surface area contributed by atoms with Crippen LogP contribution in [0.1, 0.15) is 44.6 Å². The van der Waals surface area contributed by atoms with Gasteiger partial charge in [-0.1, -0.05) is 66.2 Å². The Morgan fingerprint density at radius 3 is 2.35 bits per heavy atom. The number of hydrogen-bond donors (Lipinski definition) is 1. The molecule has 0 aliphatic carbocycles. The second kappa shape index (κ2) is 8.80. The van der Waals surface area contributed by atoms with Crippen molar-refractivity contribution in [2.75, 3.05) is 5.33 Å². The molecule has 0 bridgehead atoms. The number of hydrogen-bond acceptors (Lipinski definition) is 2. The molecule has 1 rings (SSSR count). The zero-order valence-electron chi connectivity index (χ0n) is 12.2. The van der Waals surface area contributed by atoms with Gasteiger partial charge in [0.05, 0.1) is 4.90 Å². The molecular formula is C15H24BrNO2S. The summed E-state index contributed by atoms with van der Waals surface area (Å²) in [5.41, 5.74) is 1.06. The lowest BCUT2D eigenvalue weighted by molar-refractivity contribution is 0.527. The molecule has 5 heteroatoms. The van der Waals surface area contributed by atoms with Crippen molar-refractivity contribution in [2.24, 2.45) is 0 Å². The summed E-state index contributed by atoms with van der Waals surface area (Å²) in [4.78, 5) is 0.336. The SMILES string of the molecule is CCCCCCC(CBr)NS(=O)(=O)c1ccc(C)cc1. The molecule has 3 nitrogen and oxygen atoms in total. The molecule has 1 atom stereocenters. The van der Waals surface area contributed by atoms with Gasteiger partial charge in [-0.15, -0.1) is 0 Å². The van der Waals surface area contributed by atoms with Crippen molar-refractivity contribution in [3.05, 3.63) is 29.8 Å². The molecule has 0 heterocycles. The maximum absolute atomic E-state index is 12.3. The van der Waals surface area contributed by atoms with Crippen LogP contribution in [0.25, 0.3) is 0 Å². The van der Waals surface area contributed by atoms with Crippen LogP contribution in [0.3, 0.4) is 0 Å². The van der Waals surface area contributed by atoms with Crippen molar-refractivity contribution in [2.45, 2.75) is 56.9 Å². The van der Waals surface area contributed by atoms with E-state index in [-0.39, 0.29) is 6.04 Å². The molecular weight excluding hydrogens is 338 g/mol. The maximum Gasteiger partial charge on any atom is 0.240 e. The molecule has 0 radical (unpaired) electrons. The molecule has 0 fully saturated rings. The monoisotopic (exact) mass is 361 g/mol. The van der Waals surface area contributed by atoms with Crippen molar-refractivity contribution in [3.8, 4) is 0 Å². The van der Waals surface area contributed by atoms with Crippen molar-refractivity contribution >= 4 is 26.0 Å². The summed E-state index contributed by atoms with van der Waals surface area (Å²) in [6.45, 7) is 4.11. The predicted molar refractivity (Wildman–Crippen MR) is 87.8 cm³/mol. The fraction of sp³-hybridized carbons (Fsp3) is 0.600. The lowest BCUT2D eigenvalue weighted by Crippen LogP contribution is -2.36. The Morgan fingerprint density at radius 1 is 1.15 bits per heavy atom. The number of nitrogens with one attached hydrogen (secondary N) is 1. The van der Waals surface area contributed by atoms with Crippen LogP contribution in [-0.4, -0.2) is 19.8 Å². The molecule has 1 aromatic carbocycles. The summed E-state index contributed by atoms with van der Waals surface area (Å²) >= 11 is 3.39. The van der Waals surface area contributed by atoms with Gasteiger partial charge in [-0.05, 0) is 25.5 Å². The summed E-state index contributed by atoms with van der Waals surface area (Å²) in [5, 5.41) is 0.643. The number of rotatable bonds is 9. The Hall–Kier alpha value is -0.390. The third-order valence-electron chi connectivity index (χ3n) is 3.25. The molecule has 0 saturated heterocycles. The summed E-state index contributed by atoms with van der Waals surface area (Å²) in [6, 6.07) is 6.90. The first-order chi connectivity index (χ1) is 9.49. The first kappa shape index (κ1) is 17.7. The van der Waals surface area contributed by atoms with Crippen LogP contribution in [-0.2, 0) is 10.0 Å². The average molecular weight is 362 g/mol. The van der Waals surface area contributed by atoms with E-state index in [0.29, 0.717) is 10.2 Å². The van der Waals surface area contributed by atoms with Crippen molar-refractivity contribution in [1.82, 2.24) is 4.72 Å². The van der Waals surface area contributed by atoms with Crippen LogP contribution < -0.4 is 4.72 Å². The van der Waals surface area contributed by atoms with E-state index in [9.17, 15) is 8.42 Å². The van der Waals surface area contributed by atoms with E-state index in [1.165, 1.54) is 12.8 Å². The van der Waals surface area contributed by atoms with Gasteiger partial charge in [-0.3, -0.25) is 0 Å². The van der Waals surface area contributed by atoms with E-state index in [1.54, 1.807) is 12.1 Å². The highest BCUT2D eigenvalue weighted by Crippen LogP contribution is 2.14. The summed E-state index contributed by atoms with van der Waals surface area (Å²) in [7, 11) is -3.41. The van der Waals surface area contributed by atoms with Crippen LogP contribution in [0.2, 0.25) is 0 Å². The first-order valence-electron chi connectivity index (χ1n) is 7.14. The molecule has 114 valence electrons. The van der Waals surface area contributed by atoms with Crippen LogP contribution in [0.4, 0.5) is 0 Å². The lowest BCUT2D eigenvalue weighted by Gasteiger charge is -2.16. The molecule has 0 spiro atoms. The first-order valence-corrected chi connectivity index (χ1v) is 9.75. The molecule has 1 aromatic rings. The molecule has 0 aromatic heterocycles. The van der Waals surface area contributed by atoms with Gasteiger partial charge in [0.2, 0.25) is 10.0 Å². The van der Waals surface area contributed by atoms with E-state index < -0.39 is 10.0 Å². The summed E-state index contributed by atoms with van der Waals surface area (Å²) in [6.07, 6.45) is 5.48. The van der Waals surface area contributed by atoms with E-state index >= 15 is 0 Å². The Kier molecular flexibility index (Phi) is 7.77. The van der Waals surface area contributed by atoms with Gasteiger partial charge in [0.15, 0.2) is 0 Å². The van der Waals surface area contributed by atoms with Gasteiger partial charge >= 0.3 is 0 Å². The van der Waals surface area contributed by atoms with E-state index in [0.717, 1.165) is 24.8 Å². The predicted octanol–water partition coefficient (Wildman–Crippen LogP) is 4.01. The molecule has 20 heavy (non-hydrogen) atoms. The number of sulfonamides is 1. The van der Waals surface area contributed by atoms with Gasteiger partial charge in [0, 0.05) is 11.4 Å². The van der Waals surface area contributed by atoms with E-state index in [4.69, 9.17) is 0 Å². The molecule has 0 amide bonds. The second-order valence-electron chi connectivity index (χ2n) is 5.13. The van der Waals surface area contributed by atoms with Crippen molar-refractivity contribution in [3.63, 3.8) is 0 Å². The number of halogens is 1. The van der Waals surface area contributed by atoms with Crippen LogP contribution in [0.5, 0.6) is 0 Å². The Labute approximate surface area is 131 Å². The summed E-state index contributed by atoms with van der Waals surface area (Å²) < 4.78 is 27.3. The largest absolute Gasteiger partial charge is 0.240 e. The third-order valence-corrected chi connectivity index (χ3v) is 5.56. The number of aryl methyl sites for hydroxylation is 1. The highest BCUT2D eigenvalue weighted by atomic mass is 79.9. The number of unbranched alkanes of at least 4 members (excludes halogenated alkanes) is 3. The third kappa shape index (κ3) is 5.94. The topological polar surface area (TPSA) is 46.2 Å². The fourth-order valence-corrected chi connectivity index (χ4v) is 3.96. The second-order valence-corrected chi connectivity index (χ2v) is 7.50. The quantitative estimate of drug-likeness (QED) is 0.533. The minimum Gasteiger partial charge on any atom is -0.207 e. The van der Waals surface area contributed by atoms with Crippen LogP contribution in [0.15, 0.2) is 29.2 Å². The normalized spacial score (nSPS) is 13.3. The molecule has 0 aliphatic rings. The van der Waals surface area contributed by atoms with Crippen molar-refractivity contribution < 1.29 is 8.42 Å². The minimum atomic E-state index is -3.41. The maximum atomic E-state index is 12.3. The molecule has 1 N–H and O–H groups in total. The zero-order valence-corrected chi connectivity index (χ0v) is 14.6. The van der Waals surface area contributed by atoms with E-state index in [2.05, 4.69) is 27.6 Å². The number of benzene rings is 1. The van der Waals surface area contributed by atoms with Gasteiger partial charge in [-0.2, -0.15) is 0 Å². The Bertz CT molecular complexity index is 485. The molecule has 0 aliphatic heterocycles.